The van der Waals surface area contributed by atoms with E-state index in [4.69, 9.17) is 11.6 Å². The summed E-state index contributed by atoms with van der Waals surface area (Å²) in [6, 6.07) is 15.5. The molecule has 0 saturated heterocycles. The summed E-state index contributed by atoms with van der Waals surface area (Å²) in [6.45, 7) is 0. The van der Waals surface area contributed by atoms with Crippen molar-refractivity contribution >= 4 is 32.5 Å². The van der Waals surface area contributed by atoms with E-state index in [0.29, 0.717) is 21.8 Å². The molecule has 5 nitrogen and oxygen atoms in total. The quantitative estimate of drug-likeness (QED) is 0.552. The maximum atomic E-state index is 13.1. The molecule has 0 aliphatic rings. The molecule has 7 heteroatoms. The first-order chi connectivity index (χ1) is 12.1. The van der Waals surface area contributed by atoms with Crippen molar-refractivity contribution < 1.29 is 8.42 Å². The molecule has 2 heterocycles. The van der Waals surface area contributed by atoms with Crippen molar-refractivity contribution in [1.82, 2.24) is 13.9 Å². The van der Waals surface area contributed by atoms with Crippen LogP contribution >= 0.6 is 11.6 Å². The molecule has 0 saturated carbocycles. The zero-order chi connectivity index (χ0) is 17.4. The van der Waals surface area contributed by atoms with Crippen LogP contribution in [0, 0.1) is 6.33 Å². The van der Waals surface area contributed by atoms with Gasteiger partial charge in [0.15, 0.2) is 6.33 Å². The molecule has 4 rings (SSSR count). The van der Waals surface area contributed by atoms with E-state index in [-0.39, 0.29) is 4.90 Å². The lowest BCUT2D eigenvalue weighted by molar-refractivity contribution is 0.589. The number of nitrogens with zero attached hydrogens (tertiary/aromatic N) is 3. The lowest BCUT2D eigenvalue weighted by Crippen LogP contribution is -2.11. The number of fused-ring (bicyclic) bond motifs is 1. The lowest BCUT2D eigenvalue weighted by atomic mass is 10.1. The molecule has 0 fully saturated rings. The Morgan fingerprint density at radius 3 is 2.48 bits per heavy atom. The highest BCUT2D eigenvalue weighted by Crippen LogP contribution is 2.34. The Morgan fingerprint density at radius 1 is 1.00 bits per heavy atom. The van der Waals surface area contributed by atoms with E-state index < -0.39 is 10.0 Å². The SMILES string of the molecule is O=S(=O)(c1ccccc1)n1cc(-c2n[c]ncc2Cl)c2ccccc21. The Hall–Kier alpha value is -2.70. The van der Waals surface area contributed by atoms with Gasteiger partial charge in [0, 0.05) is 17.1 Å². The van der Waals surface area contributed by atoms with E-state index in [2.05, 4.69) is 16.3 Å². The Balaban J connectivity index is 2.03. The molecule has 0 bridgehead atoms. The first-order valence-electron chi connectivity index (χ1n) is 7.39. The molecule has 0 amide bonds. The predicted octanol–water partition coefficient (Wildman–Crippen LogP) is 3.79. The summed E-state index contributed by atoms with van der Waals surface area (Å²) in [5.74, 6) is 0. The molecule has 0 unspecified atom stereocenters. The fourth-order valence-electron chi connectivity index (χ4n) is 2.71. The van der Waals surface area contributed by atoms with Crippen LogP contribution < -0.4 is 0 Å². The number of aromatic nitrogens is 3. The van der Waals surface area contributed by atoms with Crippen molar-refractivity contribution in [3.8, 4) is 11.3 Å². The van der Waals surface area contributed by atoms with Crippen molar-refractivity contribution in [1.29, 1.82) is 0 Å². The largest absolute Gasteiger partial charge is 0.268 e. The molecule has 0 aliphatic heterocycles. The molecule has 1 radical (unpaired) electrons. The highest BCUT2D eigenvalue weighted by Gasteiger charge is 2.22. The molecule has 123 valence electrons. The van der Waals surface area contributed by atoms with Gasteiger partial charge in [-0.1, -0.05) is 48.0 Å². The summed E-state index contributed by atoms with van der Waals surface area (Å²) in [5, 5.41) is 1.06. The normalized spacial score (nSPS) is 11.7. The van der Waals surface area contributed by atoms with Crippen molar-refractivity contribution in [2.24, 2.45) is 0 Å². The van der Waals surface area contributed by atoms with Crippen molar-refractivity contribution in [3.63, 3.8) is 0 Å². The van der Waals surface area contributed by atoms with Crippen LogP contribution in [0.3, 0.4) is 0 Å². The van der Waals surface area contributed by atoms with Gasteiger partial charge in [-0.3, -0.25) is 0 Å². The molecule has 0 spiro atoms. The molecule has 0 aliphatic carbocycles. The van der Waals surface area contributed by atoms with Crippen LogP contribution in [0.2, 0.25) is 5.02 Å². The van der Waals surface area contributed by atoms with Crippen LogP contribution in [0.4, 0.5) is 0 Å². The van der Waals surface area contributed by atoms with Crippen LogP contribution in [0.15, 0.2) is 71.9 Å². The first kappa shape index (κ1) is 15.8. The van der Waals surface area contributed by atoms with E-state index >= 15 is 0 Å². The summed E-state index contributed by atoms with van der Waals surface area (Å²) in [5.41, 5.74) is 1.60. The molecule has 0 atom stereocenters. The fourth-order valence-corrected chi connectivity index (χ4v) is 4.29. The Kier molecular flexibility index (Phi) is 3.78. The Bertz CT molecular complexity index is 1170. The number of hydrogen-bond acceptors (Lipinski definition) is 4. The standard InChI is InChI=1S/C18H11ClN3O2S/c19-16-10-20-12-21-18(16)15-11-22(17-9-5-4-8-14(15)17)25(23,24)13-6-2-1-3-7-13/h1-11H. The van der Waals surface area contributed by atoms with Gasteiger partial charge in [-0.05, 0) is 18.2 Å². The van der Waals surface area contributed by atoms with E-state index in [9.17, 15) is 8.42 Å². The molecule has 2 aromatic heterocycles. The summed E-state index contributed by atoms with van der Waals surface area (Å²) in [7, 11) is -3.75. The van der Waals surface area contributed by atoms with E-state index in [1.807, 2.05) is 12.1 Å². The van der Waals surface area contributed by atoms with Gasteiger partial charge < -0.3 is 0 Å². The van der Waals surface area contributed by atoms with Gasteiger partial charge >= 0.3 is 0 Å². The second kappa shape index (κ2) is 5.98. The molecular weight excluding hydrogens is 358 g/mol. The highest BCUT2D eigenvalue weighted by molar-refractivity contribution is 7.90. The van der Waals surface area contributed by atoms with Crippen LogP contribution in [0.25, 0.3) is 22.2 Å². The summed E-state index contributed by atoms with van der Waals surface area (Å²) >= 11 is 6.20. The summed E-state index contributed by atoms with van der Waals surface area (Å²) < 4.78 is 27.4. The number of hydrogen-bond donors (Lipinski definition) is 0. The average Bonchev–Trinajstić information content (AvgIpc) is 3.03. The van der Waals surface area contributed by atoms with Crippen LogP contribution in [-0.4, -0.2) is 22.4 Å². The third-order valence-electron chi connectivity index (χ3n) is 3.86. The monoisotopic (exact) mass is 368 g/mol. The minimum Gasteiger partial charge on any atom is -0.240 e. The zero-order valence-corrected chi connectivity index (χ0v) is 14.4. The van der Waals surface area contributed by atoms with Gasteiger partial charge in [0.1, 0.15) is 0 Å². The minimum atomic E-state index is -3.75. The van der Waals surface area contributed by atoms with Gasteiger partial charge in [-0.25, -0.2) is 22.4 Å². The van der Waals surface area contributed by atoms with Crippen molar-refractivity contribution in [2.75, 3.05) is 0 Å². The van der Waals surface area contributed by atoms with E-state index in [1.54, 1.807) is 42.5 Å². The average molecular weight is 369 g/mol. The predicted molar refractivity (Wildman–Crippen MR) is 95.8 cm³/mol. The summed E-state index contributed by atoms with van der Waals surface area (Å²) in [6.07, 6.45) is 5.47. The molecule has 0 N–H and O–H groups in total. The number of para-hydroxylation sites is 1. The van der Waals surface area contributed by atoms with Gasteiger partial charge in [0.2, 0.25) is 0 Å². The Morgan fingerprint density at radius 2 is 1.72 bits per heavy atom. The fraction of sp³-hybridized carbons (Fsp3) is 0. The van der Waals surface area contributed by atoms with Crippen molar-refractivity contribution in [2.45, 2.75) is 4.90 Å². The number of benzene rings is 2. The summed E-state index contributed by atoms with van der Waals surface area (Å²) in [4.78, 5) is 8.06. The maximum absolute atomic E-state index is 13.1. The molecule has 4 aromatic rings. The topological polar surface area (TPSA) is 64.8 Å². The van der Waals surface area contributed by atoms with Gasteiger partial charge in [-0.15, -0.1) is 0 Å². The van der Waals surface area contributed by atoms with Crippen LogP contribution in [-0.2, 0) is 10.0 Å². The van der Waals surface area contributed by atoms with E-state index in [0.717, 1.165) is 5.39 Å². The second-order valence-corrected chi connectivity index (χ2v) is 7.56. The maximum Gasteiger partial charge on any atom is 0.268 e. The third kappa shape index (κ3) is 2.59. The van der Waals surface area contributed by atoms with E-state index in [1.165, 1.54) is 16.4 Å². The van der Waals surface area contributed by atoms with Crippen LogP contribution in [0.5, 0.6) is 0 Å². The zero-order valence-electron chi connectivity index (χ0n) is 12.8. The minimum absolute atomic E-state index is 0.211. The van der Waals surface area contributed by atoms with Crippen LogP contribution in [0.1, 0.15) is 0 Å². The second-order valence-electron chi connectivity index (χ2n) is 5.34. The van der Waals surface area contributed by atoms with Crippen molar-refractivity contribution in [3.05, 3.63) is 78.3 Å². The molecule has 25 heavy (non-hydrogen) atoms. The van der Waals surface area contributed by atoms with Gasteiger partial charge in [-0.2, -0.15) is 0 Å². The lowest BCUT2D eigenvalue weighted by Gasteiger charge is -2.07. The smallest absolute Gasteiger partial charge is 0.240 e. The van der Waals surface area contributed by atoms with Gasteiger partial charge in [0.05, 0.1) is 27.3 Å². The first-order valence-corrected chi connectivity index (χ1v) is 9.20. The number of halogens is 1. The molecule has 2 aromatic carbocycles. The Labute approximate surface area is 149 Å². The van der Waals surface area contributed by atoms with Gasteiger partial charge in [0.25, 0.3) is 10.0 Å². The molecular formula is C18H11ClN3O2S. The highest BCUT2D eigenvalue weighted by atomic mass is 35.5. The number of rotatable bonds is 3. The third-order valence-corrected chi connectivity index (χ3v) is 5.82.